The molecule has 0 radical (unpaired) electrons. The average molecular weight is 259 g/mol. The van der Waals surface area contributed by atoms with Crippen LogP contribution in [0, 0.1) is 0 Å². The molecule has 2 rings (SSSR count). The highest BCUT2D eigenvalue weighted by atomic mass is 32.2. The molecule has 0 aliphatic rings. The SMILES string of the molecule is OC(CCc1cccnc1)CSc1ccccc1. The molecule has 1 unspecified atom stereocenters. The molecule has 2 aromatic rings. The molecule has 3 heteroatoms. The monoisotopic (exact) mass is 259 g/mol. The fourth-order valence-corrected chi connectivity index (χ4v) is 2.57. The van der Waals surface area contributed by atoms with Gasteiger partial charge in [0.15, 0.2) is 0 Å². The van der Waals surface area contributed by atoms with Crippen molar-refractivity contribution in [2.45, 2.75) is 23.8 Å². The van der Waals surface area contributed by atoms with Crippen LogP contribution in [0.3, 0.4) is 0 Å². The van der Waals surface area contributed by atoms with Crippen LogP contribution in [0.15, 0.2) is 59.8 Å². The number of aromatic nitrogens is 1. The Kier molecular flexibility index (Phi) is 5.24. The molecule has 1 atom stereocenters. The van der Waals surface area contributed by atoms with Crippen molar-refractivity contribution >= 4 is 11.8 Å². The molecule has 0 spiro atoms. The Hall–Kier alpha value is -1.32. The van der Waals surface area contributed by atoms with Gasteiger partial charge in [-0.15, -0.1) is 11.8 Å². The number of pyridine rings is 1. The number of hydrogen-bond acceptors (Lipinski definition) is 3. The summed E-state index contributed by atoms with van der Waals surface area (Å²) in [5.41, 5.74) is 1.18. The lowest BCUT2D eigenvalue weighted by molar-refractivity contribution is 0.189. The summed E-state index contributed by atoms with van der Waals surface area (Å²) >= 11 is 1.70. The van der Waals surface area contributed by atoms with Crippen molar-refractivity contribution in [3.05, 3.63) is 60.4 Å². The highest BCUT2D eigenvalue weighted by Gasteiger charge is 2.05. The van der Waals surface area contributed by atoms with E-state index < -0.39 is 0 Å². The summed E-state index contributed by atoms with van der Waals surface area (Å²) in [4.78, 5) is 5.28. The number of aliphatic hydroxyl groups excluding tert-OH is 1. The summed E-state index contributed by atoms with van der Waals surface area (Å²) in [6.45, 7) is 0. The zero-order valence-electron chi connectivity index (χ0n) is 10.2. The van der Waals surface area contributed by atoms with Gasteiger partial charge in [0, 0.05) is 23.0 Å². The van der Waals surface area contributed by atoms with Crippen molar-refractivity contribution in [3.8, 4) is 0 Å². The highest BCUT2D eigenvalue weighted by Crippen LogP contribution is 2.19. The lowest BCUT2D eigenvalue weighted by Gasteiger charge is -2.09. The molecule has 0 saturated carbocycles. The molecule has 0 amide bonds. The molecule has 0 aliphatic heterocycles. The van der Waals surface area contributed by atoms with Crippen molar-refractivity contribution in [2.75, 3.05) is 5.75 Å². The van der Waals surface area contributed by atoms with Crippen LogP contribution >= 0.6 is 11.8 Å². The zero-order chi connectivity index (χ0) is 12.6. The van der Waals surface area contributed by atoms with Crippen molar-refractivity contribution < 1.29 is 5.11 Å². The molecule has 2 nitrogen and oxygen atoms in total. The predicted octanol–water partition coefficient (Wildman–Crippen LogP) is 3.17. The van der Waals surface area contributed by atoms with Gasteiger partial charge in [-0.3, -0.25) is 4.98 Å². The number of aryl methyl sites for hydroxylation is 1. The van der Waals surface area contributed by atoms with Gasteiger partial charge in [0.25, 0.3) is 0 Å². The van der Waals surface area contributed by atoms with Crippen molar-refractivity contribution in [1.29, 1.82) is 0 Å². The van der Waals surface area contributed by atoms with Gasteiger partial charge in [0.2, 0.25) is 0 Å². The van der Waals surface area contributed by atoms with Crippen LogP contribution in [0.1, 0.15) is 12.0 Å². The van der Waals surface area contributed by atoms with Gasteiger partial charge < -0.3 is 5.11 Å². The second-order valence-corrected chi connectivity index (χ2v) is 5.27. The summed E-state index contributed by atoms with van der Waals surface area (Å²) < 4.78 is 0. The first-order chi connectivity index (χ1) is 8.84. The van der Waals surface area contributed by atoms with E-state index in [1.807, 2.05) is 36.5 Å². The number of aliphatic hydroxyl groups is 1. The molecular weight excluding hydrogens is 242 g/mol. The van der Waals surface area contributed by atoms with Crippen LogP contribution in [0.2, 0.25) is 0 Å². The Labute approximate surface area is 112 Å². The second-order valence-electron chi connectivity index (χ2n) is 4.18. The Bertz CT molecular complexity index is 403. The summed E-state index contributed by atoms with van der Waals surface area (Å²) in [6, 6.07) is 14.2. The summed E-state index contributed by atoms with van der Waals surface area (Å²) in [6.07, 6.45) is 5.02. The molecule has 94 valence electrons. The van der Waals surface area contributed by atoms with Crippen LogP contribution < -0.4 is 0 Å². The molecular formula is C15H17NOS. The Morgan fingerprint density at radius 1 is 1.11 bits per heavy atom. The van der Waals surface area contributed by atoms with E-state index in [9.17, 15) is 5.11 Å². The van der Waals surface area contributed by atoms with Crippen molar-refractivity contribution in [2.24, 2.45) is 0 Å². The van der Waals surface area contributed by atoms with E-state index in [0.29, 0.717) is 0 Å². The minimum atomic E-state index is -0.268. The topological polar surface area (TPSA) is 33.1 Å². The first kappa shape index (κ1) is 13.1. The molecule has 1 aromatic carbocycles. The fourth-order valence-electron chi connectivity index (χ4n) is 1.67. The third-order valence-corrected chi connectivity index (χ3v) is 3.83. The third-order valence-electron chi connectivity index (χ3n) is 2.67. The first-order valence-corrected chi connectivity index (χ1v) is 7.08. The molecule has 0 bridgehead atoms. The van der Waals surface area contributed by atoms with Crippen LogP contribution in [0.5, 0.6) is 0 Å². The van der Waals surface area contributed by atoms with E-state index in [1.54, 1.807) is 18.0 Å². The number of nitrogens with zero attached hydrogens (tertiary/aromatic N) is 1. The molecule has 0 fully saturated rings. The first-order valence-electron chi connectivity index (χ1n) is 6.09. The highest BCUT2D eigenvalue weighted by molar-refractivity contribution is 7.99. The van der Waals surface area contributed by atoms with Gasteiger partial charge in [0.1, 0.15) is 0 Å². The van der Waals surface area contributed by atoms with E-state index in [0.717, 1.165) is 18.6 Å². The number of benzene rings is 1. The van der Waals surface area contributed by atoms with Crippen LogP contribution in [-0.2, 0) is 6.42 Å². The van der Waals surface area contributed by atoms with E-state index in [4.69, 9.17) is 0 Å². The molecule has 0 saturated heterocycles. The Morgan fingerprint density at radius 2 is 1.94 bits per heavy atom. The van der Waals surface area contributed by atoms with Crippen molar-refractivity contribution in [1.82, 2.24) is 4.98 Å². The van der Waals surface area contributed by atoms with Crippen LogP contribution in [0.4, 0.5) is 0 Å². The number of thioether (sulfide) groups is 1. The molecule has 0 aliphatic carbocycles. The van der Waals surface area contributed by atoms with E-state index in [2.05, 4.69) is 17.1 Å². The number of hydrogen-bond donors (Lipinski definition) is 1. The van der Waals surface area contributed by atoms with E-state index in [-0.39, 0.29) is 6.10 Å². The minimum Gasteiger partial charge on any atom is -0.392 e. The lowest BCUT2D eigenvalue weighted by Crippen LogP contribution is -2.11. The van der Waals surface area contributed by atoms with Gasteiger partial charge in [-0.25, -0.2) is 0 Å². The standard InChI is InChI=1S/C15H17NOS/c17-14(9-8-13-5-4-10-16-11-13)12-18-15-6-2-1-3-7-15/h1-7,10-11,14,17H,8-9,12H2. The molecule has 1 heterocycles. The van der Waals surface area contributed by atoms with E-state index >= 15 is 0 Å². The van der Waals surface area contributed by atoms with Gasteiger partial charge >= 0.3 is 0 Å². The van der Waals surface area contributed by atoms with Crippen molar-refractivity contribution in [3.63, 3.8) is 0 Å². The van der Waals surface area contributed by atoms with Crippen LogP contribution in [-0.4, -0.2) is 21.9 Å². The number of rotatable bonds is 6. The summed E-state index contributed by atoms with van der Waals surface area (Å²) in [5, 5.41) is 9.93. The van der Waals surface area contributed by atoms with Gasteiger partial charge in [-0.2, -0.15) is 0 Å². The average Bonchev–Trinajstić information content (AvgIpc) is 2.45. The zero-order valence-corrected chi connectivity index (χ0v) is 11.0. The van der Waals surface area contributed by atoms with Crippen LogP contribution in [0.25, 0.3) is 0 Å². The normalized spacial score (nSPS) is 12.3. The maximum absolute atomic E-state index is 9.93. The van der Waals surface area contributed by atoms with Gasteiger partial charge in [-0.05, 0) is 36.6 Å². The Morgan fingerprint density at radius 3 is 2.67 bits per heavy atom. The Balaban J connectivity index is 1.71. The molecule has 18 heavy (non-hydrogen) atoms. The maximum Gasteiger partial charge on any atom is 0.0637 e. The smallest absolute Gasteiger partial charge is 0.0637 e. The quantitative estimate of drug-likeness (QED) is 0.809. The minimum absolute atomic E-state index is 0.268. The molecule has 1 aromatic heterocycles. The third kappa shape index (κ3) is 4.51. The maximum atomic E-state index is 9.93. The predicted molar refractivity (Wildman–Crippen MR) is 75.7 cm³/mol. The fraction of sp³-hybridized carbons (Fsp3) is 0.267. The van der Waals surface area contributed by atoms with Gasteiger partial charge in [-0.1, -0.05) is 24.3 Å². The second kappa shape index (κ2) is 7.19. The largest absolute Gasteiger partial charge is 0.392 e. The molecule has 1 N–H and O–H groups in total. The lowest BCUT2D eigenvalue weighted by atomic mass is 10.1. The van der Waals surface area contributed by atoms with E-state index in [1.165, 1.54) is 10.5 Å². The summed E-state index contributed by atoms with van der Waals surface area (Å²) in [7, 11) is 0. The van der Waals surface area contributed by atoms with Gasteiger partial charge in [0.05, 0.1) is 6.10 Å². The summed E-state index contributed by atoms with van der Waals surface area (Å²) in [5.74, 6) is 0.740.